The van der Waals surface area contributed by atoms with Crippen LogP contribution >= 0.6 is 0 Å². The van der Waals surface area contributed by atoms with E-state index < -0.39 is 0 Å². The van der Waals surface area contributed by atoms with Crippen molar-refractivity contribution in [2.75, 3.05) is 0 Å². The molecule has 4 aliphatic carbocycles. The molecule has 0 heterocycles. The molecule has 0 fully saturated rings. The second-order valence-corrected chi connectivity index (χ2v) is 21.3. The first kappa shape index (κ1) is 57.7. The van der Waals surface area contributed by atoms with Crippen molar-refractivity contribution in [3.8, 4) is 22.3 Å². The van der Waals surface area contributed by atoms with Gasteiger partial charge < -0.3 is 0 Å². The summed E-state index contributed by atoms with van der Waals surface area (Å²) in [5, 5.41) is 2.67. The van der Waals surface area contributed by atoms with Gasteiger partial charge in [-0.25, -0.2) is 0 Å². The molecule has 0 aliphatic heterocycles. The lowest BCUT2D eigenvalue weighted by Gasteiger charge is -2.36. The average molecular weight is 1010 g/mol. The maximum absolute atomic E-state index is 3.90. The first-order valence-electron chi connectivity index (χ1n) is 29.2. The molecule has 0 nitrogen and oxygen atoms in total. The maximum Gasteiger partial charge on any atom is 0.0676 e. The summed E-state index contributed by atoms with van der Waals surface area (Å²) in [4.78, 5) is 0. The van der Waals surface area contributed by atoms with Gasteiger partial charge in [0.05, 0.1) is 5.41 Å². The molecule has 0 aromatic heterocycles. The Kier molecular flexibility index (Phi) is 19.7. The minimum Gasteiger partial charge on any atom is -0.0988 e. The van der Waals surface area contributed by atoms with Gasteiger partial charge in [0.2, 0.25) is 0 Å². The predicted octanol–water partition coefficient (Wildman–Crippen LogP) is 22.4. The van der Waals surface area contributed by atoms with Gasteiger partial charge in [0, 0.05) is 5.41 Å². The smallest absolute Gasteiger partial charge is 0.0676 e. The SMILES string of the molecule is C=C/C(C)=C(\C=C/C)c1cc(C)ccc1CCC.CC.CC.CCC(C)C1=CCCC=C1.Cc1ccc2c(c1)C(C)(C)c1cc(-c3ccc4c(c3)C(c3ccccc3)(c3ccccc3)C3=C4C=CCC3)c3ccccc3c1-2. The van der Waals surface area contributed by atoms with Crippen LogP contribution < -0.4 is 0 Å². The van der Waals surface area contributed by atoms with Gasteiger partial charge in [-0.15, -0.1) is 0 Å². The summed E-state index contributed by atoms with van der Waals surface area (Å²) in [5.41, 5.74) is 25.7. The number of fused-ring (bicyclic) bond motifs is 7. The topological polar surface area (TPSA) is 0 Å². The molecule has 1 unspecified atom stereocenters. The zero-order valence-corrected chi connectivity index (χ0v) is 49.2. The molecule has 11 rings (SSSR count). The fourth-order valence-corrected chi connectivity index (χ4v) is 12.2. The fraction of sp³-hybridized carbons (Fsp3) is 0.299. The van der Waals surface area contributed by atoms with Crippen molar-refractivity contribution in [1.82, 2.24) is 0 Å². The molecule has 0 N–H and O–H groups in total. The van der Waals surface area contributed by atoms with E-state index in [1.807, 2.05) is 33.8 Å². The zero-order chi connectivity index (χ0) is 55.3. The average Bonchev–Trinajstić information content (AvgIpc) is 4.08. The van der Waals surface area contributed by atoms with Crippen molar-refractivity contribution >= 4 is 21.9 Å². The van der Waals surface area contributed by atoms with Crippen LogP contribution in [-0.4, -0.2) is 0 Å². The molecular weight excluding hydrogens is 925 g/mol. The van der Waals surface area contributed by atoms with Crippen molar-refractivity contribution in [1.29, 1.82) is 0 Å². The third kappa shape index (κ3) is 11.5. The van der Waals surface area contributed by atoms with E-state index in [1.165, 1.54) is 142 Å². The van der Waals surface area contributed by atoms with Crippen LogP contribution in [0.15, 0.2) is 217 Å². The van der Waals surface area contributed by atoms with Crippen LogP contribution in [-0.2, 0) is 17.3 Å². The van der Waals surface area contributed by atoms with Gasteiger partial charge in [0.1, 0.15) is 0 Å². The third-order valence-corrected chi connectivity index (χ3v) is 16.2. The largest absolute Gasteiger partial charge is 0.0988 e. The molecule has 4 aliphatic rings. The summed E-state index contributed by atoms with van der Waals surface area (Å²) in [6.07, 6.45) is 26.1. The number of hydrogen-bond donors (Lipinski definition) is 0. The first-order valence-corrected chi connectivity index (χ1v) is 29.2. The lowest BCUT2D eigenvalue weighted by Crippen LogP contribution is -2.30. The van der Waals surface area contributed by atoms with Gasteiger partial charge in [-0.2, -0.15) is 0 Å². The number of aryl methyl sites for hydroxylation is 3. The Morgan fingerprint density at radius 2 is 1.26 bits per heavy atom. The second-order valence-electron chi connectivity index (χ2n) is 21.3. The summed E-state index contributed by atoms with van der Waals surface area (Å²) in [7, 11) is 0. The summed E-state index contributed by atoms with van der Waals surface area (Å²) in [5.74, 6) is 0.761. The zero-order valence-electron chi connectivity index (χ0n) is 49.2. The third-order valence-electron chi connectivity index (χ3n) is 16.2. The van der Waals surface area contributed by atoms with Crippen molar-refractivity contribution in [3.05, 3.63) is 273 Å². The van der Waals surface area contributed by atoms with E-state index in [0.29, 0.717) is 0 Å². The van der Waals surface area contributed by atoms with Crippen LogP contribution in [0.4, 0.5) is 0 Å². The normalized spacial score (nSPS) is 15.6. The van der Waals surface area contributed by atoms with Gasteiger partial charge in [-0.3, -0.25) is 0 Å². The Balaban J connectivity index is 0.000000222. The summed E-state index contributed by atoms with van der Waals surface area (Å²) in [6.45, 7) is 32.0. The second kappa shape index (κ2) is 26.4. The van der Waals surface area contributed by atoms with Gasteiger partial charge in [0.15, 0.2) is 0 Å². The molecule has 0 heteroatoms. The van der Waals surface area contributed by atoms with Gasteiger partial charge in [-0.1, -0.05) is 269 Å². The Morgan fingerprint density at radius 1 is 0.636 bits per heavy atom. The standard InChI is InChI=1S/C45H36.C18H24.C10H16.2C2H6/c1-29-22-24-37-40(26-29)44(2,3)42-28-38(33-18-10-11-20-36(33)43(37)42)30-23-25-35-34-19-12-13-21-39(34)45(41(35)27-30,31-14-6-4-7-15-31)32-16-8-5-9-17-32;1-6-9-16-12-11-14(4)13-18(16)17(10-7-2)15(5)8-3;1-3-9(2)10-7-5-4-6-8-10;2*1-2/h4-12,14-20,22-28H,13,21H2,1-3H3;7-8,10-13H,3,6,9H2,1-2,4-5H3;5,7-9H,3-4,6H2,1-2H3;2*1-2H3/b;10-7-,17-15+;;;. The summed E-state index contributed by atoms with van der Waals surface area (Å²) in [6, 6.07) is 55.1. The summed E-state index contributed by atoms with van der Waals surface area (Å²) < 4.78 is 0. The maximum atomic E-state index is 3.90. The number of rotatable bonds is 10. The molecule has 77 heavy (non-hydrogen) atoms. The lowest BCUT2D eigenvalue weighted by atomic mass is 9.65. The molecule has 0 spiro atoms. The quantitative estimate of drug-likeness (QED) is 0.120. The van der Waals surface area contributed by atoms with Crippen molar-refractivity contribution in [2.45, 2.75) is 146 Å². The minimum atomic E-state index is -0.326. The highest BCUT2D eigenvalue weighted by Crippen LogP contribution is 2.59. The van der Waals surface area contributed by atoms with Crippen LogP contribution in [0, 0.1) is 19.8 Å². The van der Waals surface area contributed by atoms with E-state index in [2.05, 4.69) is 257 Å². The van der Waals surface area contributed by atoms with E-state index >= 15 is 0 Å². The molecule has 0 saturated heterocycles. The Labute approximate surface area is 466 Å². The van der Waals surface area contributed by atoms with E-state index in [0.717, 1.165) is 25.2 Å². The van der Waals surface area contributed by atoms with E-state index in [9.17, 15) is 0 Å². The highest BCUT2D eigenvalue weighted by molar-refractivity contribution is 6.09. The summed E-state index contributed by atoms with van der Waals surface area (Å²) >= 11 is 0. The molecule has 7 aromatic carbocycles. The fourth-order valence-electron chi connectivity index (χ4n) is 12.2. The van der Waals surface area contributed by atoms with Crippen LogP contribution in [0.5, 0.6) is 0 Å². The molecule has 0 saturated carbocycles. The van der Waals surface area contributed by atoms with E-state index in [1.54, 1.807) is 0 Å². The van der Waals surface area contributed by atoms with Gasteiger partial charge in [0.25, 0.3) is 0 Å². The van der Waals surface area contributed by atoms with Crippen molar-refractivity contribution in [2.24, 2.45) is 5.92 Å². The van der Waals surface area contributed by atoms with Crippen LogP contribution in [0.25, 0.3) is 44.2 Å². The van der Waals surface area contributed by atoms with Crippen molar-refractivity contribution < 1.29 is 0 Å². The lowest BCUT2D eigenvalue weighted by molar-refractivity contribution is 0.660. The highest BCUT2D eigenvalue weighted by atomic mass is 14.5. The molecule has 0 radical (unpaired) electrons. The van der Waals surface area contributed by atoms with Crippen LogP contribution in [0.2, 0.25) is 0 Å². The van der Waals surface area contributed by atoms with E-state index in [-0.39, 0.29) is 10.8 Å². The predicted molar refractivity (Wildman–Crippen MR) is 341 cm³/mol. The molecule has 7 aromatic rings. The highest BCUT2D eigenvalue weighted by Gasteiger charge is 2.47. The monoisotopic (exact) mass is 1010 g/mol. The molecular formula is C77H88. The Morgan fingerprint density at radius 3 is 1.88 bits per heavy atom. The molecule has 1 atom stereocenters. The van der Waals surface area contributed by atoms with Crippen molar-refractivity contribution in [3.63, 3.8) is 0 Å². The van der Waals surface area contributed by atoms with Gasteiger partial charge in [-0.05, 0) is 190 Å². The molecule has 0 amide bonds. The molecule has 396 valence electrons. The number of hydrogen-bond acceptors (Lipinski definition) is 0. The number of allylic oxidation sites excluding steroid dienone is 13. The minimum absolute atomic E-state index is 0.0739. The first-order chi connectivity index (χ1) is 37.5. The van der Waals surface area contributed by atoms with Crippen LogP contribution in [0.1, 0.15) is 170 Å². The Bertz CT molecular complexity index is 3310. The molecule has 0 bridgehead atoms. The Hall–Kier alpha value is -7.02. The van der Waals surface area contributed by atoms with Crippen LogP contribution in [0.3, 0.4) is 0 Å². The number of benzene rings is 7. The van der Waals surface area contributed by atoms with E-state index in [4.69, 9.17) is 0 Å². The van der Waals surface area contributed by atoms with Gasteiger partial charge >= 0.3 is 0 Å².